The van der Waals surface area contributed by atoms with Gasteiger partial charge in [0.25, 0.3) is 0 Å². The van der Waals surface area contributed by atoms with Crippen LogP contribution in [0.4, 0.5) is 5.00 Å². The van der Waals surface area contributed by atoms with E-state index in [1.165, 1.54) is 6.07 Å². The summed E-state index contributed by atoms with van der Waals surface area (Å²) in [5.41, 5.74) is 0.865. The lowest BCUT2D eigenvalue weighted by molar-refractivity contribution is -0.380. The van der Waals surface area contributed by atoms with Crippen molar-refractivity contribution >= 4 is 27.9 Å². The van der Waals surface area contributed by atoms with Crippen LogP contribution in [0.25, 0.3) is 16.4 Å². The number of benzene rings is 1. The lowest BCUT2D eigenvalue weighted by Crippen LogP contribution is -2.00. The molecule has 3 rings (SSSR count). The van der Waals surface area contributed by atoms with E-state index in [2.05, 4.69) is 10.2 Å². The van der Waals surface area contributed by atoms with Gasteiger partial charge in [-0.3, -0.25) is 14.7 Å². The predicted molar refractivity (Wildman–Crippen MR) is 80.9 cm³/mol. The van der Waals surface area contributed by atoms with Crippen LogP contribution < -0.4 is 0 Å². The average Bonchev–Trinajstić information content (AvgIpc) is 3.14. The topological polar surface area (TPSA) is 73.8 Å². The van der Waals surface area contributed by atoms with Gasteiger partial charge in [-0.05, 0) is 18.2 Å². The summed E-state index contributed by atoms with van der Waals surface area (Å²) in [5.74, 6) is 1.35. The third-order valence-corrected chi connectivity index (χ3v) is 4.13. The molecule has 0 atom stereocenters. The van der Waals surface area contributed by atoms with E-state index in [-0.39, 0.29) is 10.9 Å². The molecule has 0 aliphatic heterocycles. The van der Waals surface area contributed by atoms with Crippen LogP contribution in [-0.4, -0.2) is 19.7 Å². The first kappa shape index (κ1) is 13.7. The molecule has 0 radical (unpaired) electrons. The van der Waals surface area contributed by atoms with Gasteiger partial charge in [-0.1, -0.05) is 29.5 Å². The quantitative estimate of drug-likeness (QED) is 0.418. The summed E-state index contributed by atoms with van der Waals surface area (Å²) in [6, 6.07) is 12.6. The van der Waals surface area contributed by atoms with Crippen LogP contribution >= 0.6 is 22.9 Å². The molecule has 1 aromatic carbocycles. The van der Waals surface area contributed by atoms with E-state index < -0.39 is 4.92 Å². The van der Waals surface area contributed by atoms with Gasteiger partial charge in [0.05, 0.1) is 15.7 Å². The lowest BCUT2D eigenvalue weighted by Gasteiger charge is -2.07. The molecule has 0 spiro atoms. The molecule has 0 saturated carbocycles. The number of alkyl halides is 1. The van der Waals surface area contributed by atoms with E-state index in [4.69, 9.17) is 11.6 Å². The molecule has 0 unspecified atom stereocenters. The fraction of sp³-hybridized carbons (Fsp3) is 0.0769. The highest BCUT2D eigenvalue weighted by Crippen LogP contribution is 2.33. The molecule has 0 bridgehead atoms. The van der Waals surface area contributed by atoms with Crippen molar-refractivity contribution < 1.29 is 4.92 Å². The van der Waals surface area contributed by atoms with Crippen molar-refractivity contribution in [2.75, 3.05) is 0 Å². The number of nitro groups is 1. The number of halogens is 1. The zero-order valence-corrected chi connectivity index (χ0v) is 12.2. The molecule has 0 amide bonds. The SMILES string of the molecule is O=[N+]([O-])c1ccc(-c2nnc(CCl)n2-c2ccccc2)s1. The predicted octanol–water partition coefficient (Wildman–Crippen LogP) is 3.64. The van der Waals surface area contributed by atoms with Crippen LogP contribution in [0.5, 0.6) is 0 Å². The van der Waals surface area contributed by atoms with Gasteiger partial charge >= 0.3 is 5.00 Å². The van der Waals surface area contributed by atoms with Gasteiger partial charge in [0.15, 0.2) is 11.6 Å². The number of para-hydroxylation sites is 1. The van der Waals surface area contributed by atoms with E-state index in [0.717, 1.165) is 17.0 Å². The number of thiophene rings is 1. The molecule has 106 valence electrons. The van der Waals surface area contributed by atoms with Gasteiger partial charge in [0.2, 0.25) is 0 Å². The molecule has 2 aromatic heterocycles. The number of hydrogen-bond donors (Lipinski definition) is 0. The number of aromatic nitrogens is 3. The Morgan fingerprint density at radius 2 is 1.95 bits per heavy atom. The summed E-state index contributed by atoms with van der Waals surface area (Å²) in [7, 11) is 0. The standard InChI is InChI=1S/C13H9ClN4O2S/c14-8-11-15-16-13(10-6-7-12(21-10)18(19)20)17(11)9-4-2-1-3-5-9/h1-7H,8H2. The minimum Gasteiger partial charge on any atom is -0.277 e. The Balaban J connectivity index is 2.15. The van der Waals surface area contributed by atoms with Crippen molar-refractivity contribution in [2.45, 2.75) is 5.88 Å². The van der Waals surface area contributed by atoms with E-state index >= 15 is 0 Å². The highest BCUT2D eigenvalue weighted by atomic mass is 35.5. The Bertz CT molecular complexity index is 785. The van der Waals surface area contributed by atoms with Gasteiger partial charge in [0.1, 0.15) is 0 Å². The zero-order chi connectivity index (χ0) is 14.8. The summed E-state index contributed by atoms with van der Waals surface area (Å²) < 4.78 is 1.81. The largest absolute Gasteiger partial charge is 0.324 e. The molecular weight excluding hydrogens is 312 g/mol. The molecule has 0 aliphatic rings. The van der Waals surface area contributed by atoms with E-state index in [9.17, 15) is 10.1 Å². The first-order valence-electron chi connectivity index (χ1n) is 6.01. The molecule has 0 saturated heterocycles. The Hall–Kier alpha value is -2.25. The number of nitrogens with zero attached hydrogens (tertiary/aromatic N) is 4. The van der Waals surface area contributed by atoms with E-state index in [0.29, 0.717) is 16.5 Å². The summed E-state index contributed by atoms with van der Waals surface area (Å²) >= 11 is 6.97. The molecule has 2 heterocycles. The first-order chi connectivity index (χ1) is 10.2. The fourth-order valence-electron chi connectivity index (χ4n) is 1.96. The molecular formula is C13H9ClN4O2S. The van der Waals surface area contributed by atoms with Crippen LogP contribution in [0.2, 0.25) is 0 Å². The molecule has 3 aromatic rings. The van der Waals surface area contributed by atoms with Crippen molar-refractivity contribution in [1.82, 2.24) is 14.8 Å². The van der Waals surface area contributed by atoms with Gasteiger partial charge in [-0.25, -0.2) is 0 Å². The monoisotopic (exact) mass is 320 g/mol. The van der Waals surface area contributed by atoms with Crippen molar-refractivity contribution in [1.29, 1.82) is 0 Å². The maximum absolute atomic E-state index is 10.8. The third-order valence-electron chi connectivity index (χ3n) is 2.86. The molecule has 6 nitrogen and oxygen atoms in total. The zero-order valence-electron chi connectivity index (χ0n) is 10.6. The lowest BCUT2D eigenvalue weighted by atomic mass is 10.3. The van der Waals surface area contributed by atoms with Crippen LogP contribution in [-0.2, 0) is 5.88 Å². The van der Waals surface area contributed by atoms with Crippen LogP contribution in [0, 0.1) is 10.1 Å². The van der Waals surface area contributed by atoms with Crippen molar-refractivity contribution in [3.8, 4) is 16.4 Å². The Morgan fingerprint density at radius 1 is 1.19 bits per heavy atom. The molecule has 0 N–H and O–H groups in total. The average molecular weight is 321 g/mol. The van der Waals surface area contributed by atoms with E-state index in [1.807, 2.05) is 34.9 Å². The maximum Gasteiger partial charge on any atom is 0.324 e. The summed E-state index contributed by atoms with van der Waals surface area (Å²) in [6.07, 6.45) is 0. The van der Waals surface area contributed by atoms with E-state index in [1.54, 1.807) is 6.07 Å². The highest BCUT2D eigenvalue weighted by molar-refractivity contribution is 7.18. The summed E-state index contributed by atoms with van der Waals surface area (Å²) in [6.45, 7) is 0. The van der Waals surface area contributed by atoms with Crippen molar-refractivity contribution in [3.63, 3.8) is 0 Å². The van der Waals surface area contributed by atoms with Gasteiger partial charge in [-0.2, -0.15) is 0 Å². The molecule has 8 heteroatoms. The fourth-order valence-corrected chi connectivity index (χ4v) is 2.93. The van der Waals surface area contributed by atoms with Gasteiger partial charge in [0, 0.05) is 11.8 Å². The molecule has 0 aliphatic carbocycles. The Kier molecular flexibility index (Phi) is 3.68. The first-order valence-corrected chi connectivity index (χ1v) is 7.36. The van der Waals surface area contributed by atoms with Crippen molar-refractivity contribution in [2.24, 2.45) is 0 Å². The molecule has 0 fully saturated rings. The van der Waals surface area contributed by atoms with Gasteiger partial charge in [-0.15, -0.1) is 21.8 Å². The number of hydrogen-bond acceptors (Lipinski definition) is 5. The molecule has 21 heavy (non-hydrogen) atoms. The number of rotatable bonds is 4. The minimum atomic E-state index is -0.417. The van der Waals surface area contributed by atoms with Crippen LogP contribution in [0.15, 0.2) is 42.5 Å². The third kappa shape index (κ3) is 2.53. The van der Waals surface area contributed by atoms with Crippen LogP contribution in [0.3, 0.4) is 0 Å². The maximum atomic E-state index is 10.8. The second-order valence-corrected chi connectivity index (χ2v) is 5.47. The smallest absolute Gasteiger partial charge is 0.277 e. The minimum absolute atomic E-state index is 0.0695. The second kappa shape index (κ2) is 5.63. The highest BCUT2D eigenvalue weighted by Gasteiger charge is 2.19. The summed E-state index contributed by atoms with van der Waals surface area (Å²) in [4.78, 5) is 11.1. The summed E-state index contributed by atoms with van der Waals surface area (Å²) in [5, 5.41) is 19.1. The van der Waals surface area contributed by atoms with Crippen molar-refractivity contribution in [3.05, 3.63) is 58.4 Å². The normalized spacial score (nSPS) is 10.7. The second-order valence-electron chi connectivity index (χ2n) is 4.14. The Morgan fingerprint density at radius 3 is 2.57 bits per heavy atom. The Labute approximate surface area is 128 Å². The van der Waals surface area contributed by atoms with Crippen LogP contribution in [0.1, 0.15) is 5.82 Å². The van der Waals surface area contributed by atoms with Gasteiger partial charge < -0.3 is 0 Å².